The fraction of sp³-hybridized carbons (Fsp3) is 0.500. The molecule has 1 atom stereocenters. The molecule has 0 saturated carbocycles. The lowest BCUT2D eigenvalue weighted by Crippen LogP contribution is -2.45. The van der Waals surface area contributed by atoms with E-state index in [2.05, 4.69) is 10.0 Å². The minimum Gasteiger partial charge on any atom is -0.315 e. The van der Waals surface area contributed by atoms with Crippen LogP contribution in [0.5, 0.6) is 0 Å². The van der Waals surface area contributed by atoms with Gasteiger partial charge in [-0.05, 0) is 37.9 Å². The van der Waals surface area contributed by atoms with Gasteiger partial charge in [0.25, 0.3) is 0 Å². The van der Waals surface area contributed by atoms with Crippen molar-refractivity contribution >= 4 is 22.4 Å². The number of nitrogens with one attached hydrogen (secondary N) is 2. The van der Waals surface area contributed by atoms with E-state index in [1.54, 1.807) is 12.1 Å². The van der Waals surface area contributed by atoms with E-state index >= 15 is 0 Å². The van der Waals surface area contributed by atoms with Crippen LogP contribution in [0.4, 0.5) is 0 Å². The number of rotatable bonds is 3. The van der Waals surface area contributed by atoms with Gasteiger partial charge in [0.2, 0.25) is 10.0 Å². The molecule has 1 saturated heterocycles. The van der Waals surface area contributed by atoms with E-state index in [0.29, 0.717) is 11.4 Å². The smallest absolute Gasteiger partial charge is 0.241 e. The van der Waals surface area contributed by atoms with Gasteiger partial charge in [-0.15, -0.1) is 12.4 Å². The van der Waals surface area contributed by atoms with Crippen LogP contribution in [0.15, 0.2) is 29.2 Å². The van der Waals surface area contributed by atoms with Crippen molar-refractivity contribution in [3.8, 4) is 0 Å². The highest BCUT2D eigenvalue weighted by Crippen LogP contribution is 2.15. The van der Waals surface area contributed by atoms with Gasteiger partial charge in [-0.3, -0.25) is 0 Å². The summed E-state index contributed by atoms with van der Waals surface area (Å²) in [6.07, 6.45) is 1.92. The van der Waals surface area contributed by atoms with E-state index in [1.807, 2.05) is 19.1 Å². The van der Waals surface area contributed by atoms with Crippen LogP contribution in [-0.2, 0) is 10.0 Å². The minimum atomic E-state index is -3.38. The molecule has 1 aliphatic heterocycles. The first-order valence-electron chi connectivity index (χ1n) is 5.88. The summed E-state index contributed by atoms with van der Waals surface area (Å²) in [6, 6.07) is 7.06. The average molecular weight is 291 g/mol. The second-order valence-corrected chi connectivity index (χ2v) is 6.11. The van der Waals surface area contributed by atoms with Gasteiger partial charge in [0, 0.05) is 12.6 Å². The molecule has 0 aromatic heterocycles. The van der Waals surface area contributed by atoms with E-state index in [-0.39, 0.29) is 18.4 Å². The molecular formula is C12H19ClN2O2S. The van der Waals surface area contributed by atoms with Crippen LogP contribution in [-0.4, -0.2) is 27.5 Å². The highest BCUT2D eigenvalue weighted by Gasteiger charge is 2.22. The Morgan fingerprint density at radius 1 is 1.33 bits per heavy atom. The first-order valence-corrected chi connectivity index (χ1v) is 7.36. The number of benzene rings is 1. The molecule has 0 radical (unpaired) electrons. The van der Waals surface area contributed by atoms with Crippen molar-refractivity contribution in [3.63, 3.8) is 0 Å². The van der Waals surface area contributed by atoms with Crippen molar-refractivity contribution in [1.29, 1.82) is 0 Å². The zero-order valence-corrected chi connectivity index (χ0v) is 12.0. The molecule has 0 aliphatic carbocycles. The summed E-state index contributed by atoms with van der Waals surface area (Å²) >= 11 is 0. The zero-order valence-electron chi connectivity index (χ0n) is 10.3. The maximum absolute atomic E-state index is 12.2. The van der Waals surface area contributed by atoms with Crippen LogP contribution in [0.3, 0.4) is 0 Å². The molecule has 1 heterocycles. The molecule has 1 aliphatic rings. The highest BCUT2D eigenvalue weighted by atomic mass is 35.5. The van der Waals surface area contributed by atoms with Gasteiger partial charge < -0.3 is 5.32 Å². The molecule has 1 aromatic carbocycles. The normalized spacial score (nSPS) is 20.2. The maximum atomic E-state index is 12.2. The van der Waals surface area contributed by atoms with Gasteiger partial charge in [0.1, 0.15) is 0 Å². The summed E-state index contributed by atoms with van der Waals surface area (Å²) < 4.78 is 27.1. The lowest BCUT2D eigenvalue weighted by molar-refractivity contribution is 0.428. The monoisotopic (exact) mass is 290 g/mol. The Bertz CT molecular complexity index is 485. The molecule has 2 N–H and O–H groups in total. The number of hydrogen-bond donors (Lipinski definition) is 2. The minimum absolute atomic E-state index is 0. The van der Waals surface area contributed by atoms with Crippen LogP contribution in [0.2, 0.25) is 0 Å². The highest BCUT2D eigenvalue weighted by molar-refractivity contribution is 7.89. The SMILES string of the molecule is Cc1ccccc1S(=O)(=O)N[C@@H]1CCCNC1.Cl. The second kappa shape index (κ2) is 6.52. The van der Waals surface area contributed by atoms with Crippen molar-refractivity contribution in [3.05, 3.63) is 29.8 Å². The van der Waals surface area contributed by atoms with Crippen LogP contribution < -0.4 is 10.0 Å². The van der Waals surface area contributed by atoms with Crippen LogP contribution in [0.25, 0.3) is 0 Å². The Labute approximate surface area is 115 Å². The Balaban J connectivity index is 0.00000162. The predicted octanol–water partition coefficient (Wildman–Crippen LogP) is 1.45. The first-order chi connectivity index (χ1) is 8.09. The summed E-state index contributed by atoms with van der Waals surface area (Å²) in [6.45, 7) is 3.50. The standard InChI is InChI=1S/C12H18N2O2S.ClH/c1-10-5-2-3-7-12(10)17(15,16)14-11-6-4-8-13-9-11;/h2-3,5,7,11,13-14H,4,6,8-9H2,1H3;1H/t11-;/m1./s1. The lowest BCUT2D eigenvalue weighted by atomic mass is 10.1. The maximum Gasteiger partial charge on any atom is 0.241 e. The summed E-state index contributed by atoms with van der Waals surface area (Å²) in [7, 11) is -3.38. The molecule has 0 unspecified atom stereocenters. The van der Waals surface area contributed by atoms with E-state index in [4.69, 9.17) is 0 Å². The molecular weight excluding hydrogens is 272 g/mol. The molecule has 1 aromatic rings. The molecule has 0 bridgehead atoms. The van der Waals surface area contributed by atoms with Gasteiger partial charge >= 0.3 is 0 Å². The lowest BCUT2D eigenvalue weighted by Gasteiger charge is -2.23. The van der Waals surface area contributed by atoms with Gasteiger partial charge in [0.05, 0.1) is 4.90 Å². The van der Waals surface area contributed by atoms with Gasteiger partial charge in [-0.1, -0.05) is 18.2 Å². The molecule has 1 fully saturated rings. The Hall–Kier alpha value is -0.620. The Morgan fingerprint density at radius 2 is 2.06 bits per heavy atom. The fourth-order valence-electron chi connectivity index (χ4n) is 2.09. The second-order valence-electron chi connectivity index (χ2n) is 4.43. The number of piperidine rings is 1. The summed E-state index contributed by atoms with van der Waals surface area (Å²) in [5.74, 6) is 0. The molecule has 18 heavy (non-hydrogen) atoms. The van der Waals surface area contributed by atoms with Crippen molar-refractivity contribution in [2.75, 3.05) is 13.1 Å². The van der Waals surface area contributed by atoms with Crippen LogP contribution in [0.1, 0.15) is 18.4 Å². The number of halogens is 1. The fourth-order valence-corrected chi connectivity index (χ4v) is 3.61. The summed E-state index contributed by atoms with van der Waals surface area (Å²) in [4.78, 5) is 0.380. The molecule has 0 spiro atoms. The van der Waals surface area contributed by atoms with Crippen molar-refractivity contribution in [2.24, 2.45) is 0 Å². The third-order valence-electron chi connectivity index (χ3n) is 3.00. The van der Waals surface area contributed by atoms with Gasteiger partial charge in [-0.2, -0.15) is 0 Å². The predicted molar refractivity (Wildman–Crippen MR) is 74.6 cm³/mol. The molecule has 2 rings (SSSR count). The largest absolute Gasteiger partial charge is 0.315 e. The van der Waals surface area contributed by atoms with Crippen molar-refractivity contribution in [2.45, 2.75) is 30.7 Å². The molecule has 0 amide bonds. The van der Waals surface area contributed by atoms with Gasteiger partial charge in [-0.25, -0.2) is 13.1 Å². The Morgan fingerprint density at radius 3 is 2.67 bits per heavy atom. The van der Waals surface area contributed by atoms with E-state index < -0.39 is 10.0 Å². The van der Waals surface area contributed by atoms with Crippen molar-refractivity contribution < 1.29 is 8.42 Å². The molecule has 102 valence electrons. The molecule has 4 nitrogen and oxygen atoms in total. The average Bonchev–Trinajstić information content (AvgIpc) is 2.30. The van der Waals surface area contributed by atoms with E-state index in [0.717, 1.165) is 24.9 Å². The quantitative estimate of drug-likeness (QED) is 0.886. The van der Waals surface area contributed by atoms with E-state index in [1.165, 1.54) is 0 Å². The zero-order chi connectivity index (χ0) is 12.3. The summed E-state index contributed by atoms with van der Waals surface area (Å²) in [5.41, 5.74) is 0.781. The molecule has 6 heteroatoms. The van der Waals surface area contributed by atoms with E-state index in [9.17, 15) is 8.42 Å². The van der Waals surface area contributed by atoms with Crippen LogP contribution >= 0.6 is 12.4 Å². The van der Waals surface area contributed by atoms with Gasteiger partial charge in [0.15, 0.2) is 0 Å². The first kappa shape index (κ1) is 15.4. The Kier molecular flexibility index (Phi) is 5.59. The van der Waals surface area contributed by atoms with Crippen molar-refractivity contribution in [1.82, 2.24) is 10.0 Å². The number of hydrogen-bond acceptors (Lipinski definition) is 3. The topological polar surface area (TPSA) is 58.2 Å². The number of sulfonamides is 1. The third kappa shape index (κ3) is 3.68. The van der Waals surface area contributed by atoms with Crippen LogP contribution in [0, 0.1) is 6.92 Å². The summed E-state index contributed by atoms with van der Waals surface area (Å²) in [5, 5.41) is 3.20. The number of aryl methyl sites for hydroxylation is 1. The third-order valence-corrected chi connectivity index (χ3v) is 4.68.